The average Bonchev–Trinajstić information content (AvgIpc) is 2.42. The highest BCUT2D eigenvalue weighted by Crippen LogP contribution is 2.24. The van der Waals surface area contributed by atoms with Crippen molar-refractivity contribution in [3.8, 4) is 0 Å². The van der Waals surface area contributed by atoms with Crippen LogP contribution in [0.1, 0.15) is 39.5 Å². The van der Waals surface area contributed by atoms with E-state index in [4.69, 9.17) is 5.73 Å². The Hall–Kier alpha value is -0.120. The highest BCUT2D eigenvalue weighted by atomic mass is 16.3. The fraction of sp³-hybridized carbons (Fsp3) is 1.00. The molecule has 1 atom stereocenters. The van der Waals surface area contributed by atoms with Crippen molar-refractivity contribution in [3.63, 3.8) is 0 Å². The van der Waals surface area contributed by atoms with E-state index in [1.807, 2.05) is 0 Å². The van der Waals surface area contributed by atoms with Crippen molar-refractivity contribution >= 4 is 0 Å². The Morgan fingerprint density at radius 1 is 1.36 bits per heavy atom. The van der Waals surface area contributed by atoms with E-state index in [0.717, 1.165) is 13.0 Å². The number of aliphatic hydroxyl groups excluding tert-OH is 1. The standard InChI is InChI=1S/C11H24N2O/c1-11(2,9-12)13-7-5-3-4-6-10(13)8-14/h10,14H,3-9,12H2,1-2H3. The van der Waals surface area contributed by atoms with Crippen molar-refractivity contribution in [2.24, 2.45) is 5.73 Å². The Labute approximate surface area is 87.3 Å². The summed E-state index contributed by atoms with van der Waals surface area (Å²) in [6.45, 7) is 6.34. The van der Waals surface area contributed by atoms with Crippen LogP contribution in [0.4, 0.5) is 0 Å². The van der Waals surface area contributed by atoms with Gasteiger partial charge in [0.2, 0.25) is 0 Å². The van der Waals surface area contributed by atoms with Crippen LogP contribution >= 0.6 is 0 Å². The van der Waals surface area contributed by atoms with Gasteiger partial charge < -0.3 is 10.8 Å². The second-order valence-electron chi connectivity index (χ2n) is 4.90. The zero-order chi connectivity index (χ0) is 10.6. The molecule has 0 aromatic heterocycles. The summed E-state index contributed by atoms with van der Waals surface area (Å²) in [5, 5.41) is 9.36. The van der Waals surface area contributed by atoms with E-state index in [1.54, 1.807) is 0 Å². The van der Waals surface area contributed by atoms with Crippen molar-refractivity contribution in [2.75, 3.05) is 19.7 Å². The number of rotatable bonds is 3. The average molecular weight is 200 g/mol. The Morgan fingerprint density at radius 3 is 2.64 bits per heavy atom. The minimum absolute atomic E-state index is 0.0255. The van der Waals surface area contributed by atoms with Crippen molar-refractivity contribution in [3.05, 3.63) is 0 Å². The maximum Gasteiger partial charge on any atom is 0.0587 e. The molecule has 0 saturated carbocycles. The molecule has 0 aromatic carbocycles. The predicted molar refractivity (Wildman–Crippen MR) is 59.2 cm³/mol. The third-order valence-corrected chi connectivity index (χ3v) is 3.36. The van der Waals surface area contributed by atoms with Crippen LogP contribution in [0, 0.1) is 0 Å². The van der Waals surface area contributed by atoms with Gasteiger partial charge in [-0.15, -0.1) is 0 Å². The molecule has 0 bridgehead atoms. The molecule has 1 heterocycles. The van der Waals surface area contributed by atoms with Crippen LogP contribution in [-0.4, -0.2) is 41.3 Å². The first kappa shape index (κ1) is 12.0. The van der Waals surface area contributed by atoms with Gasteiger partial charge in [-0.25, -0.2) is 0 Å². The second kappa shape index (κ2) is 5.10. The highest BCUT2D eigenvalue weighted by Gasteiger charge is 2.31. The molecule has 1 fully saturated rings. The lowest BCUT2D eigenvalue weighted by atomic mass is 9.99. The highest BCUT2D eigenvalue weighted by molar-refractivity contribution is 4.88. The van der Waals surface area contributed by atoms with Crippen molar-refractivity contribution in [1.82, 2.24) is 4.90 Å². The maximum atomic E-state index is 9.36. The lowest BCUT2D eigenvalue weighted by Gasteiger charge is -2.41. The molecule has 1 rings (SSSR count). The molecular formula is C11H24N2O. The van der Waals surface area contributed by atoms with Gasteiger partial charge in [0, 0.05) is 18.1 Å². The van der Waals surface area contributed by atoms with Crippen LogP contribution < -0.4 is 5.73 Å². The first-order valence-electron chi connectivity index (χ1n) is 5.69. The third-order valence-electron chi connectivity index (χ3n) is 3.36. The zero-order valence-corrected chi connectivity index (χ0v) is 9.50. The van der Waals surface area contributed by atoms with Gasteiger partial charge in [-0.2, -0.15) is 0 Å². The Balaban J connectivity index is 2.69. The monoisotopic (exact) mass is 200 g/mol. The van der Waals surface area contributed by atoms with Gasteiger partial charge >= 0.3 is 0 Å². The molecule has 3 nitrogen and oxygen atoms in total. The summed E-state index contributed by atoms with van der Waals surface area (Å²) >= 11 is 0. The molecule has 1 unspecified atom stereocenters. The van der Waals surface area contributed by atoms with E-state index in [-0.39, 0.29) is 12.1 Å². The minimum atomic E-state index is 0.0255. The second-order valence-corrected chi connectivity index (χ2v) is 4.90. The molecule has 0 spiro atoms. The van der Waals surface area contributed by atoms with Gasteiger partial charge in [0.15, 0.2) is 0 Å². The van der Waals surface area contributed by atoms with Gasteiger partial charge in [0.05, 0.1) is 6.61 Å². The van der Waals surface area contributed by atoms with Gasteiger partial charge in [-0.05, 0) is 33.2 Å². The smallest absolute Gasteiger partial charge is 0.0587 e. The van der Waals surface area contributed by atoms with E-state index in [1.165, 1.54) is 19.3 Å². The summed E-state index contributed by atoms with van der Waals surface area (Å²) in [6, 6.07) is 0.316. The van der Waals surface area contributed by atoms with E-state index < -0.39 is 0 Å². The molecule has 0 aromatic rings. The molecule has 3 N–H and O–H groups in total. The van der Waals surface area contributed by atoms with Gasteiger partial charge in [0.25, 0.3) is 0 Å². The van der Waals surface area contributed by atoms with Crippen molar-refractivity contribution < 1.29 is 5.11 Å². The topological polar surface area (TPSA) is 49.5 Å². The van der Waals surface area contributed by atoms with Gasteiger partial charge in [-0.1, -0.05) is 12.8 Å². The Morgan fingerprint density at radius 2 is 2.07 bits per heavy atom. The van der Waals surface area contributed by atoms with Crippen LogP contribution in [0.5, 0.6) is 0 Å². The molecule has 1 saturated heterocycles. The van der Waals surface area contributed by atoms with Crippen LogP contribution in [0.25, 0.3) is 0 Å². The van der Waals surface area contributed by atoms with E-state index in [2.05, 4.69) is 18.7 Å². The molecule has 1 aliphatic rings. The fourth-order valence-electron chi connectivity index (χ4n) is 2.28. The first-order valence-corrected chi connectivity index (χ1v) is 5.69. The summed E-state index contributed by atoms with van der Waals surface area (Å²) in [5.41, 5.74) is 5.81. The van der Waals surface area contributed by atoms with E-state index in [0.29, 0.717) is 12.6 Å². The van der Waals surface area contributed by atoms with Crippen LogP contribution in [0.2, 0.25) is 0 Å². The first-order chi connectivity index (χ1) is 6.61. The summed E-state index contributed by atoms with van der Waals surface area (Å²) in [4.78, 5) is 2.39. The van der Waals surface area contributed by atoms with E-state index in [9.17, 15) is 5.11 Å². The van der Waals surface area contributed by atoms with Gasteiger partial charge in [-0.3, -0.25) is 4.90 Å². The zero-order valence-electron chi connectivity index (χ0n) is 9.50. The van der Waals surface area contributed by atoms with Crippen LogP contribution in [0.3, 0.4) is 0 Å². The van der Waals surface area contributed by atoms with Crippen LogP contribution in [0.15, 0.2) is 0 Å². The molecule has 84 valence electrons. The lowest BCUT2D eigenvalue weighted by molar-refractivity contribution is 0.0430. The fourth-order valence-corrected chi connectivity index (χ4v) is 2.28. The molecule has 0 radical (unpaired) electrons. The summed E-state index contributed by atoms with van der Waals surface area (Å²) in [6.07, 6.45) is 4.87. The normalized spacial score (nSPS) is 26.1. The number of aliphatic hydroxyl groups is 1. The van der Waals surface area contributed by atoms with Crippen LogP contribution in [-0.2, 0) is 0 Å². The predicted octanol–water partition coefficient (Wildman–Crippen LogP) is 0.961. The SMILES string of the molecule is CC(C)(CN)N1CCCCCC1CO. The lowest BCUT2D eigenvalue weighted by Crippen LogP contribution is -2.54. The number of hydrogen-bond donors (Lipinski definition) is 2. The summed E-state index contributed by atoms with van der Waals surface area (Å²) < 4.78 is 0. The number of nitrogens with zero attached hydrogens (tertiary/aromatic N) is 1. The largest absolute Gasteiger partial charge is 0.395 e. The molecular weight excluding hydrogens is 176 g/mol. The minimum Gasteiger partial charge on any atom is -0.395 e. The summed E-state index contributed by atoms with van der Waals surface area (Å²) in [7, 11) is 0. The molecule has 3 heteroatoms. The maximum absolute atomic E-state index is 9.36. The van der Waals surface area contributed by atoms with E-state index >= 15 is 0 Å². The molecule has 0 aliphatic carbocycles. The number of likely N-dealkylation sites (tertiary alicyclic amines) is 1. The Bertz CT molecular complexity index is 171. The quantitative estimate of drug-likeness (QED) is 0.713. The molecule has 14 heavy (non-hydrogen) atoms. The molecule has 0 amide bonds. The number of nitrogens with two attached hydrogens (primary N) is 1. The van der Waals surface area contributed by atoms with Crippen molar-refractivity contribution in [2.45, 2.75) is 51.1 Å². The van der Waals surface area contributed by atoms with Crippen molar-refractivity contribution in [1.29, 1.82) is 0 Å². The summed E-state index contributed by atoms with van der Waals surface area (Å²) in [5.74, 6) is 0. The Kier molecular flexibility index (Phi) is 4.35. The van der Waals surface area contributed by atoms with Gasteiger partial charge in [0.1, 0.15) is 0 Å². The number of hydrogen-bond acceptors (Lipinski definition) is 3. The third kappa shape index (κ3) is 2.69. The molecule has 1 aliphatic heterocycles.